The Morgan fingerprint density at radius 3 is 2.52 bits per heavy atom. The molecule has 1 amide bonds. The molecule has 1 N–H and O–H groups in total. The quantitative estimate of drug-likeness (QED) is 0.735. The normalized spacial score (nSPS) is 10.7. The molecule has 0 aliphatic carbocycles. The van der Waals surface area contributed by atoms with Crippen LogP contribution in [0.25, 0.3) is 10.9 Å². The standard InChI is InChI=1S/C19H17ClN2O/c1-3-16-12(2)18(15-6-4-5-7-17(15)22-16)19(23)21-14-10-8-13(20)9-11-14/h4-11H,3H2,1-2H3,(H,21,23). The topological polar surface area (TPSA) is 42.0 Å². The molecule has 0 aliphatic heterocycles. The lowest BCUT2D eigenvalue weighted by molar-refractivity contribution is 0.102. The van der Waals surface area contributed by atoms with Crippen LogP contribution in [0.3, 0.4) is 0 Å². The van der Waals surface area contributed by atoms with Crippen molar-refractivity contribution in [3.63, 3.8) is 0 Å². The summed E-state index contributed by atoms with van der Waals surface area (Å²) in [5.74, 6) is -0.127. The number of carbonyl (C=O) groups excluding carboxylic acids is 1. The van der Waals surface area contributed by atoms with Crippen LogP contribution in [0.4, 0.5) is 5.69 Å². The Balaban J connectivity index is 2.08. The maximum Gasteiger partial charge on any atom is 0.256 e. The molecule has 0 bridgehead atoms. The van der Waals surface area contributed by atoms with E-state index in [-0.39, 0.29) is 5.91 Å². The first-order valence-corrected chi connectivity index (χ1v) is 7.93. The maximum absolute atomic E-state index is 12.8. The zero-order chi connectivity index (χ0) is 16.4. The van der Waals surface area contributed by atoms with E-state index in [0.717, 1.165) is 34.3 Å². The summed E-state index contributed by atoms with van der Waals surface area (Å²) in [6.07, 6.45) is 0.790. The molecule has 0 fully saturated rings. The van der Waals surface area contributed by atoms with Gasteiger partial charge in [-0.1, -0.05) is 36.7 Å². The number of benzene rings is 2. The van der Waals surface area contributed by atoms with Crippen LogP contribution in [0.5, 0.6) is 0 Å². The summed E-state index contributed by atoms with van der Waals surface area (Å²) in [5.41, 5.74) is 4.12. The number of aryl methyl sites for hydroxylation is 1. The molecule has 0 saturated carbocycles. The Morgan fingerprint density at radius 1 is 1.13 bits per heavy atom. The number of carbonyl (C=O) groups is 1. The minimum absolute atomic E-state index is 0.127. The van der Waals surface area contributed by atoms with E-state index in [1.165, 1.54) is 0 Å². The molecule has 0 atom stereocenters. The lowest BCUT2D eigenvalue weighted by Crippen LogP contribution is -2.15. The van der Waals surface area contributed by atoms with E-state index in [1.807, 2.05) is 38.1 Å². The van der Waals surface area contributed by atoms with Gasteiger partial charge >= 0.3 is 0 Å². The molecular weight excluding hydrogens is 308 g/mol. The third-order valence-corrected chi connectivity index (χ3v) is 4.15. The second-order valence-corrected chi connectivity index (χ2v) is 5.83. The molecule has 0 unspecified atom stereocenters. The van der Waals surface area contributed by atoms with E-state index in [9.17, 15) is 4.79 Å². The highest BCUT2D eigenvalue weighted by Crippen LogP contribution is 2.25. The van der Waals surface area contributed by atoms with E-state index < -0.39 is 0 Å². The Labute approximate surface area is 140 Å². The van der Waals surface area contributed by atoms with Crippen molar-refractivity contribution in [2.45, 2.75) is 20.3 Å². The molecule has 0 saturated heterocycles. The van der Waals surface area contributed by atoms with Gasteiger partial charge in [0.05, 0.1) is 11.1 Å². The second-order valence-electron chi connectivity index (χ2n) is 5.39. The Bertz CT molecular complexity index is 872. The van der Waals surface area contributed by atoms with Gasteiger partial charge < -0.3 is 5.32 Å². The van der Waals surface area contributed by atoms with Gasteiger partial charge in [-0.15, -0.1) is 0 Å². The number of amides is 1. The van der Waals surface area contributed by atoms with Gasteiger partial charge in [-0.05, 0) is 49.2 Å². The number of nitrogens with zero attached hydrogens (tertiary/aromatic N) is 1. The summed E-state index contributed by atoms with van der Waals surface area (Å²) >= 11 is 5.89. The summed E-state index contributed by atoms with van der Waals surface area (Å²) in [7, 11) is 0. The van der Waals surface area contributed by atoms with E-state index in [4.69, 9.17) is 11.6 Å². The predicted molar refractivity (Wildman–Crippen MR) is 95.3 cm³/mol. The SMILES string of the molecule is CCc1nc2ccccc2c(C(=O)Nc2ccc(Cl)cc2)c1C. The van der Waals surface area contributed by atoms with Gasteiger partial charge in [0, 0.05) is 21.8 Å². The van der Waals surface area contributed by atoms with E-state index in [0.29, 0.717) is 10.6 Å². The number of hydrogen-bond donors (Lipinski definition) is 1. The molecule has 0 radical (unpaired) electrons. The first-order valence-electron chi connectivity index (χ1n) is 7.55. The van der Waals surface area contributed by atoms with Crippen molar-refractivity contribution >= 4 is 34.1 Å². The second kappa shape index (κ2) is 6.39. The maximum atomic E-state index is 12.8. The minimum Gasteiger partial charge on any atom is -0.322 e. The Hall–Kier alpha value is -2.39. The van der Waals surface area contributed by atoms with Crippen molar-refractivity contribution in [3.05, 3.63) is 70.4 Å². The van der Waals surface area contributed by atoms with E-state index >= 15 is 0 Å². The lowest BCUT2D eigenvalue weighted by Gasteiger charge is -2.14. The van der Waals surface area contributed by atoms with E-state index in [2.05, 4.69) is 10.3 Å². The van der Waals surface area contributed by atoms with Gasteiger partial charge in [0.15, 0.2) is 0 Å². The van der Waals surface area contributed by atoms with Crippen molar-refractivity contribution in [3.8, 4) is 0 Å². The third kappa shape index (κ3) is 3.06. The van der Waals surface area contributed by atoms with Gasteiger partial charge in [-0.3, -0.25) is 9.78 Å². The minimum atomic E-state index is -0.127. The van der Waals surface area contributed by atoms with Gasteiger partial charge in [0.25, 0.3) is 5.91 Å². The van der Waals surface area contributed by atoms with Crippen LogP contribution in [0, 0.1) is 6.92 Å². The van der Waals surface area contributed by atoms with Crippen LogP contribution in [0.1, 0.15) is 28.5 Å². The van der Waals surface area contributed by atoms with Crippen molar-refractivity contribution in [2.24, 2.45) is 0 Å². The van der Waals surface area contributed by atoms with Crippen molar-refractivity contribution in [1.29, 1.82) is 0 Å². The van der Waals surface area contributed by atoms with Crippen LogP contribution in [-0.2, 0) is 6.42 Å². The average Bonchev–Trinajstić information content (AvgIpc) is 2.56. The molecule has 116 valence electrons. The number of para-hydroxylation sites is 1. The molecule has 3 rings (SSSR count). The zero-order valence-electron chi connectivity index (χ0n) is 13.1. The summed E-state index contributed by atoms with van der Waals surface area (Å²) in [4.78, 5) is 17.5. The smallest absolute Gasteiger partial charge is 0.256 e. The number of fused-ring (bicyclic) bond motifs is 1. The first kappa shape index (κ1) is 15.5. The van der Waals surface area contributed by atoms with Gasteiger partial charge in [-0.25, -0.2) is 0 Å². The van der Waals surface area contributed by atoms with Crippen LogP contribution in [0.2, 0.25) is 5.02 Å². The number of halogens is 1. The Morgan fingerprint density at radius 2 is 1.83 bits per heavy atom. The van der Waals surface area contributed by atoms with Gasteiger partial charge in [-0.2, -0.15) is 0 Å². The van der Waals surface area contributed by atoms with Crippen molar-refractivity contribution in [1.82, 2.24) is 4.98 Å². The molecule has 1 heterocycles. The lowest BCUT2D eigenvalue weighted by atomic mass is 9.99. The first-order chi connectivity index (χ1) is 11.1. The van der Waals surface area contributed by atoms with Crippen molar-refractivity contribution in [2.75, 3.05) is 5.32 Å². The number of anilines is 1. The number of pyridine rings is 1. The Kier molecular flexibility index (Phi) is 4.30. The fourth-order valence-corrected chi connectivity index (χ4v) is 2.85. The highest BCUT2D eigenvalue weighted by molar-refractivity contribution is 6.30. The van der Waals surface area contributed by atoms with Crippen LogP contribution >= 0.6 is 11.6 Å². The van der Waals surface area contributed by atoms with Crippen molar-refractivity contribution < 1.29 is 4.79 Å². The van der Waals surface area contributed by atoms with Crippen LogP contribution in [0.15, 0.2) is 48.5 Å². The summed E-state index contributed by atoms with van der Waals surface area (Å²) in [5, 5.41) is 4.45. The summed E-state index contributed by atoms with van der Waals surface area (Å²) in [6.45, 7) is 4.00. The molecule has 23 heavy (non-hydrogen) atoms. The summed E-state index contributed by atoms with van der Waals surface area (Å²) in [6, 6.07) is 14.8. The number of aromatic nitrogens is 1. The summed E-state index contributed by atoms with van der Waals surface area (Å²) < 4.78 is 0. The molecule has 0 aliphatic rings. The molecular formula is C19H17ClN2O. The predicted octanol–water partition coefficient (Wildman–Crippen LogP) is 5.01. The highest BCUT2D eigenvalue weighted by Gasteiger charge is 2.17. The van der Waals surface area contributed by atoms with Gasteiger partial charge in [0.2, 0.25) is 0 Å². The molecule has 3 aromatic rings. The van der Waals surface area contributed by atoms with Crippen LogP contribution < -0.4 is 5.32 Å². The number of hydrogen-bond acceptors (Lipinski definition) is 2. The number of nitrogens with one attached hydrogen (secondary N) is 1. The largest absolute Gasteiger partial charge is 0.322 e. The molecule has 4 heteroatoms. The number of rotatable bonds is 3. The highest BCUT2D eigenvalue weighted by atomic mass is 35.5. The molecule has 2 aromatic carbocycles. The van der Waals surface area contributed by atoms with Gasteiger partial charge in [0.1, 0.15) is 0 Å². The molecule has 1 aromatic heterocycles. The monoisotopic (exact) mass is 324 g/mol. The molecule has 3 nitrogen and oxygen atoms in total. The van der Waals surface area contributed by atoms with Crippen LogP contribution in [-0.4, -0.2) is 10.9 Å². The third-order valence-electron chi connectivity index (χ3n) is 3.90. The fourth-order valence-electron chi connectivity index (χ4n) is 2.72. The zero-order valence-corrected chi connectivity index (χ0v) is 13.8. The van der Waals surface area contributed by atoms with E-state index in [1.54, 1.807) is 24.3 Å². The average molecular weight is 325 g/mol. The molecule has 0 spiro atoms. The fraction of sp³-hybridized carbons (Fsp3) is 0.158.